The molecule has 3 rings (SSSR count). The van der Waals surface area contributed by atoms with Crippen molar-refractivity contribution in [1.82, 2.24) is 14.8 Å². The number of nitrogens with one attached hydrogen (secondary N) is 1. The van der Waals surface area contributed by atoms with Gasteiger partial charge in [0.2, 0.25) is 5.82 Å². The highest BCUT2D eigenvalue weighted by Gasteiger charge is 2.18. The van der Waals surface area contributed by atoms with Crippen LogP contribution in [-0.4, -0.2) is 19.7 Å². The van der Waals surface area contributed by atoms with E-state index in [0.717, 1.165) is 5.69 Å². The molecular formula is C12H8N4O3S. The third-order valence-electron chi connectivity index (χ3n) is 2.68. The zero-order valence-electron chi connectivity index (χ0n) is 10.0. The van der Waals surface area contributed by atoms with Crippen LogP contribution in [0.4, 0.5) is 5.88 Å². The lowest BCUT2D eigenvalue weighted by Gasteiger charge is -2.03. The van der Waals surface area contributed by atoms with Crippen LogP contribution in [0.15, 0.2) is 46.9 Å². The smallest absolute Gasteiger partial charge is 0.397 e. The van der Waals surface area contributed by atoms with Crippen molar-refractivity contribution >= 4 is 18.1 Å². The van der Waals surface area contributed by atoms with Crippen LogP contribution in [0, 0.1) is 14.9 Å². The van der Waals surface area contributed by atoms with Crippen molar-refractivity contribution in [2.24, 2.45) is 0 Å². The van der Waals surface area contributed by atoms with Crippen LogP contribution in [0.1, 0.15) is 0 Å². The number of benzene rings is 1. The summed E-state index contributed by atoms with van der Waals surface area (Å²) in [5, 5.41) is 17.4. The highest BCUT2D eigenvalue weighted by atomic mass is 32.1. The Bertz CT molecular complexity index is 819. The molecule has 20 heavy (non-hydrogen) atoms. The van der Waals surface area contributed by atoms with E-state index in [4.69, 9.17) is 16.6 Å². The Morgan fingerprint density at radius 1 is 1.25 bits per heavy atom. The molecule has 0 unspecified atom stereocenters. The Balaban J connectivity index is 2.16. The fourth-order valence-corrected chi connectivity index (χ4v) is 2.06. The number of rotatable bonds is 3. The molecule has 0 atom stereocenters. The van der Waals surface area contributed by atoms with E-state index < -0.39 is 4.92 Å². The van der Waals surface area contributed by atoms with Gasteiger partial charge in [-0.2, -0.15) is 5.10 Å². The number of nitro groups is 1. The summed E-state index contributed by atoms with van der Waals surface area (Å²) in [6.45, 7) is 0. The van der Waals surface area contributed by atoms with E-state index in [9.17, 15) is 10.1 Å². The third-order valence-corrected chi connectivity index (χ3v) is 2.95. The molecular weight excluding hydrogens is 280 g/mol. The number of hydrogen-bond acceptors (Lipinski definition) is 5. The molecule has 0 amide bonds. The zero-order valence-corrected chi connectivity index (χ0v) is 10.8. The third kappa shape index (κ3) is 2.01. The minimum atomic E-state index is -0.600. The van der Waals surface area contributed by atoms with E-state index in [1.807, 2.05) is 30.3 Å². The van der Waals surface area contributed by atoms with Gasteiger partial charge in [0.05, 0.1) is 11.8 Å². The molecule has 0 aliphatic heterocycles. The first-order valence-corrected chi connectivity index (χ1v) is 6.05. The molecule has 0 fully saturated rings. The van der Waals surface area contributed by atoms with E-state index in [2.05, 4.69) is 10.2 Å². The Morgan fingerprint density at radius 3 is 2.65 bits per heavy atom. The van der Waals surface area contributed by atoms with Gasteiger partial charge in [0, 0.05) is 0 Å². The summed E-state index contributed by atoms with van der Waals surface area (Å²) in [5.41, 5.74) is 0.792. The van der Waals surface area contributed by atoms with E-state index in [0.29, 0.717) is 10.6 Å². The predicted octanol–water partition coefficient (Wildman–Crippen LogP) is 3.10. The predicted molar refractivity (Wildman–Crippen MR) is 73.1 cm³/mol. The first kappa shape index (κ1) is 12.3. The molecule has 100 valence electrons. The summed E-state index contributed by atoms with van der Waals surface area (Å²) in [6, 6.07) is 12.1. The molecule has 0 aliphatic rings. The number of H-pyrrole nitrogens is 1. The summed E-state index contributed by atoms with van der Waals surface area (Å²) in [6.07, 6.45) is 0. The van der Waals surface area contributed by atoms with Crippen molar-refractivity contribution in [2.75, 3.05) is 0 Å². The van der Waals surface area contributed by atoms with Gasteiger partial charge in [-0.15, -0.1) is 0 Å². The Hall–Kier alpha value is -2.74. The second kappa shape index (κ2) is 4.74. The first-order valence-electron chi connectivity index (χ1n) is 5.64. The topological polar surface area (TPSA) is 89.9 Å². The van der Waals surface area contributed by atoms with Crippen LogP contribution < -0.4 is 0 Å². The summed E-state index contributed by atoms with van der Waals surface area (Å²) < 4.78 is 7.19. The zero-order chi connectivity index (χ0) is 14.1. The molecule has 3 aromatic rings. The minimum Gasteiger partial charge on any atom is -0.397 e. The molecule has 0 saturated carbocycles. The number of para-hydroxylation sites is 1. The molecule has 2 aromatic heterocycles. The molecule has 0 saturated heterocycles. The summed E-state index contributed by atoms with van der Waals surface area (Å²) in [4.78, 5) is 10.1. The van der Waals surface area contributed by atoms with Crippen molar-refractivity contribution in [3.63, 3.8) is 0 Å². The van der Waals surface area contributed by atoms with Crippen molar-refractivity contribution < 1.29 is 9.34 Å². The van der Waals surface area contributed by atoms with Gasteiger partial charge in [-0.1, -0.05) is 18.2 Å². The Labute approximate surface area is 117 Å². The minimum absolute atomic E-state index is 0.271. The van der Waals surface area contributed by atoms with E-state index in [1.54, 1.807) is 4.57 Å². The molecule has 8 heteroatoms. The average molecular weight is 288 g/mol. The van der Waals surface area contributed by atoms with Gasteiger partial charge >= 0.3 is 5.88 Å². The van der Waals surface area contributed by atoms with Crippen molar-refractivity contribution in [3.8, 4) is 17.3 Å². The lowest BCUT2D eigenvalue weighted by molar-refractivity contribution is -0.401. The van der Waals surface area contributed by atoms with Gasteiger partial charge in [-0.3, -0.25) is 19.8 Å². The fourth-order valence-electron chi connectivity index (χ4n) is 1.82. The summed E-state index contributed by atoms with van der Waals surface area (Å²) in [5.74, 6) is 0.315. The van der Waals surface area contributed by atoms with Crippen LogP contribution in [0.5, 0.6) is 0 Å². The maximum Gasteiger partial charge on any atom is 0.433 e. The summed E-state index contributed by atoms with van der Waals surface area (Å²) in [7, 11) is 0. The Morgan fingerprint density at radius 2 is 2.00 bits per heavy atom. The summed E-state index contributed by atoms with van der Waals surface area (Å²) >= 11 is 5.18. The molecule has 0 bridgehead atoms. The lowest BCUT2D eigenvalue weighted by Crippen LogP contribution is -1.96. The molecule has 0 spiro atoms. The van der Waals surface area contributed by atoms with Gasteiger partial charge in [-0.25, -0.2) is 0 Å². The van der Waals surface area contributed by atoms with E-state index >= 15 is 0 Å². The van der Waals surface area contributed by atoms with Crippen molar-refractivity contribution in [2.45, 2.75) is 0 Å². The van der Waals surface area contributed by atoms with Gasteiger partial charge in [0.25, 0.3) is 0 Å². The van der Waals surface area contributed by atoms with E-state index in [1.165, 1.54) is 12.1 Å². The normalized spacial score (nSPS) is 10.6. The maximum atomic E-state index is 10.7. The quantitative estimate of drug-likeness (QED) is 0.454. The van der Waals surface area contributed by atoms with Crippen molar-refractivity contribution in [3.05, 3.63) is 57.3 Å². The van der Waals surface area contributed by atoms with Crippen LogP contribution in [0.2, 0.25) is 0 Å². The number of aromatic nitrogens is 3. The van der Waals surface area contributed by atoms with Gasteiger partial charge < -0.3 is 4.42 Å². The lowest BCUT2D eigenvalue weighted by atomic mass is 10.3. The monoisotopic (exact) mass is 288 g/mol. The largest absolute Gasteiger partial charge is 0.433 e. The second-order valence-corrected chi connectivity index (χ2v) is 4.31. The van der Waals surface area contributed by atoms with Crippen molar-refractivity contribution in [1.29, 1.82) is 0 Å². The molecule has 2 heterocycles. The van der Waals surface area contributed by atoms with Gasteiger partial charge in [0.15, 0.2) is 10.5 Å². The van der Waals surface area contributed by atoms with Crippen LogP contribution in [-0.2, 0) is 0 Å². The second-order valence-electron chi connectivity index (χ2n) is 3.92. The molecule has 1 N–H and O–H groups in total. The maximum absolute atomic E-state index is 10.7. The highest BCUT2D eigenvalue weighted by Crippen LogP contribution is 2.26. The number of hydrogen-bond donors (Lipinski definition) is 1. The molecule has 0 radical (unpaired) electrons. The van der Waals surface area contributed by atoms with Crippen LogP contribution in [0.25, 0.3) is 17.3 Å². The highest BCUT2D eigenvalue weighted by molar-refractivity contribution is 7.71. The SMILES string of the molecule is O=[N+]([O-])c1ccc(-c2n[nH]c(=S)n2-c2ccccc2)o1. The first-order chi connectivity index (χ1) is 9.66. The van der Waals surface area contributed by atoms with Crippen LogP contribution in [0.3, 0.4) is 0 Å². The van der Waals surface area contributed by atoms with Gasteiger partial charge in [-0.05, 0) is 30.4 Å². The number of nitrogens with zero attached hydrogens (tertiary/aromatic N) is 3. The van der Waals surface area contributed by atoms with Crippen LogP contribution >= 0.6 is 12.2 Å². The van der Waals surface area contributed by atoms with E-state index in [-0.39, 0.29) is 11.6 Å². The van der Waals surface area contributed by atoms with Gasteiger partial charge in [0.1, 0.15) is 4.92 Å². The Kier molecular flexibility index (Phi) is 2.92. The fraction of sp³-hybridized carbons (Fsp3) is 0. The average Bonchev–Trinajstić information content (AvgIpc) is 3.06. The molecule has 0 aliphatic carbocycles. The number of aromatic amines is 1. The molecule has 7 nitrogen and oxygen atoms in total. The number of furan rings is 1. The molecule has 1 aromatic carbocycles. The standard InChI is InChI=1S/C12H8N4O3S/c17-16(18)10-7-6-9(19-10)11-13-14-12(20)15(11)8-4-2-1-3-5-8/h1-7H,(H,14,20).